The van der Waals surface area contributed by atoms with Gasteiger partial charge in [0.2, 0.25) is 0 Å². The highest BCUT2D eigenvalue weighted by Gasteiger charge is 2.56. The van der Waals surface area contributed by atoms with Gasteiger partial charge in [-0.1, -0.05) is 65.8 Å². The molecule has 0 radical (unpaired) electrons. The highest BCUT2D eigenvalue weighted by atomic mass is 16.8. The lowest BCUT2D eigenvalue weighted by Crippen LogP contribution is -2.42. The summed E-state index contributed by atoms with van der Waals surface area (Å²) in [5.74, 6) is -0.827. The second-order valence-electron chi connectivity index (χ2n) is 11.7. The number of benzene rings is 2. The van der Waals surface area contributed by atoms with Crippen molar-refractivity contribution in [3.8, 4) is 22.4 Å². The highest BCUT2D eigenvalue weighted by Crippen LogP contribution is 2.38. The summed E-state index contributed by atoms with van der Waals surface area (Å²) >= 11 is 0. The molecule has 2 N–H and O–H groups in total. The van der Waals surface area contributed by atoms with Crippen LogP contribution in [0.3, 0.4) is 0 Å². The van der Waals surface area contributed by atoms with Gasteiger partial charge < -0.3 is 29.3 Å². The number of aliphatic hydroxyl groups excluding tert-OH is 2. The summed E-state index contributed by atoms with van der Waals surface area (Å²) < 4.78 is 17.0. The molecule has 0 bridgehead atoms. The zero-order chi connectivity index (χ0) is 29.3. The fourth-order valence-electron chi connectivity index (χ4n) is 5.89. The smallest absolute Gasteiger partial charge is 0.190 e. The molecule has 5 atom stereocenters. The first-order valence-corrected chi connectivity index (χ1v) is 14.7. The maximum atomic E-state index is 10.5. The number of hydrogen-bond acceptors (Lipinski definition) is 9. The average Bonchev–Trinajstić information content (AvgIpc) is 3.47. The third kappa shape index (κ3) is 6.27. The van der Waals surface area contributed by atoms with Gasteiger partial charge in [0, 0.05) is 49.3 Å². The summed E-state index contributed by atoms with van der Waals surface area (Å²) in [5, 5.41) is 25.3. The second-order valence-corrected chi connectivity index (χ2v) is 11.7. The number of pyridine rings is 1. The van der Waals surface area contributed by atoms with Crippen LogP contribution >= 0.6 is 0 Å². The fraction of sp³-hybridized carbons (Fsp3) is 0.455. The Morgan fingerprint density at radius 3 is 2.52 bits per heavy atom. The lowest BCUT2D eigenvalue weighted by atomic mass is 9.94. The van der Waals surface area contributed by atoms with Gasteiger partial charge in [0.15, 0.2) is 12.1 Å². The van der Waals surface area contributed by atoms with Crippen molar-refractivity contribution >= 4 is 5.71 Å². The lowest BCUT2D eigenvalue weighted by Gasteiger charge is -2.29. The lowest BCUT2D eigenvalue weighted by molar-refractivity contribution is -0.228. The predicted octanol–water partition coefficient (Wildman–Crippen LogP) is 4.15. The molecule has 1 aromatic heterocycles. The first-order chi connectivity index (χ1) is 20.3. The molecule has 0 unspecified atom stereocenters. The van der Waals surface area contributed by atoms with Crippen molar-refractivity contribution in [2.24, 2.45) is 5.16 Å². The summed E-state index contributed by atoms with van der Waals surface area (Å²) in [7, 11) is 0. The van der Waals surface area contributed by atoms with E-state index in [-0.39, 0.29) is 6.61 Å². The maximum Gasteiger partial charge on any atom is 0.190 e. The molecule has 42 heavy (non-hydrogen) atoms. The van der Waals surface area contributed by atoms with E-state index in [2.05, 4.69) is 64.7 Å². The number of rotatable bonds is 9. The Hall–Kier alpha value is -3.18. The Morgan fingerprint density at radius 1 is 1.10 bits per heavy atom. The third-order valence-corrected chi connectivity index (χ3v) is 8.07. The Bertz CT molecular complexity index is 1400. The normalized spacial score (nSPS) is 26.1. The number of aliphatic hydroxyl groups is 2. The van der Waals surface area contributed by atoms with Crippen molar-refractivity contribution in [1.29, 1.82) is 0 Å². The summed E-state index contributed by atoms with van der Waals surface area (Å²) in [6.45, 7) is 7.92. The molecular formula is C33H39N3O6. The van der Waals surface area contributed by atoms with Crippen LogP contribution in [0.25, 0.3) is 22.4 Å². The fourth-order valence-corrected chi connectivity index (χ4v) is 5.89. The van der Waals surface area contributed by atoms with E-state index in [1.54, 1.807) is 13.8 Å². The average molecular weight is 574 g/mol. The number of oxime groups is 1. The molecule has 222 valence electrons. The molecule has 2 aromatic carbocycles. The molecule has 2 fully saturated rings. The zero-order valence-electron chi connectivity index (χ0n) is 24.3. The Balaban J connectivity index is 1.04. The van der Waals surface area contributed by atoms with E-state index in [0.717, 1.165) is 66.3 Å². The van der Waals surface area contributed by atoms with Crippen LogP contribution in [-0.2, 0) is 32.0 Å². The number of fused-ring (bicyclic) bond motifs is 2. The van der Waals surface area contributed by atoms with Crippen LogP contribution in [0.15, 0.2) is 71.9 Å². The van der Waals surface area contributed by atoms with Crippen molar-refractivity contribution < 1.29 is 29.3 Å². The Labute approximate surface area is 246 Å². The highest BCUT2D eigenvalue weighted by molar-refractivity contribution is 5.82. The van der Waals surface area contributed by atoms with E-state index in [0.29, 0.717) is 0 Å². The van der Waals surface area contributed by atoms with Gasteiger partial charge in [-0.2, -0.15) is 0 Å². The van der Waals surface area contributed by atoms with Gasteiger partial charge in [-0.25, -0.2) is 0 Å². The predicted molar refractivity (Wildman–Crippen MR) is 158 cm³/mol. The van der Waals surface area contributed by atoms with Gasteiger partial charge in [0.25, 0.3) is 0 Å². The van der Waals surface area contributed by atoms with Crippen LogP contribution in [0.5, 0.6) is 0 Å². The van der Waals surface area contributed by atoms with Crippen molar-refractivity contribution in [1.82, 2.24) is 9.88 Å². The number of ether oxygens (including phenoxy) is 3. The molecular weight excluding hydrogens is 534 g/mol. The summed E-state index contributed by atoms with van der Waals surface area (Å²) in [5.41, 5.74) is 7.70. The van der Waals surface area contributed by atoms with E-state index in [1.165, 1.54) is 5.56 Å². The van der Waals surface area contributed by atoms with Crippen LogP contribution in [-0.4, -0.2) is 82.0 Å². The van der Waals surface area contributed by atoms with Crippen LogP contribution in [0.1, 0.15) is 38.4 Å². The van der Waals surface area contributed by atoms with E-state index in [4.69, 9.17) is 24.0 Å². The Kier molecular flexibility index (Phi) is 8.40. The van der Waals surface area contributed by atoms with Crippen molar-refractivity contribution in [2.45, 2.75) is 76.7 Å². The minimum Gasteiger partial charge on any atom is -0.393 e. The van der Waals surface area contributed by atoms with Gasteiger partial charge in [-0.3, -0.25) is 9.88 Å². The maximum absolute atomic E-state index is 10.5. The summed E-state index contributed by atoms with van der Waals surface area (Å²) in [6.07, 6.45) is -2.67. The quantitative estimate of drug-likeness (QED) is 0.291. The van der Waals surface area contributed by atoms with Crippen LogP contribution in [0.2, 0.25) is 0 Å². The molecule has 0 saturated carbocycles. The zero-order valence-corrected chi connectivity index (χ0v) is 24.3. The van der Waals surface area contributed by atoms with Crippen molar-refractivity contribution in [3.63, 3.8) is 0 Å². The molecule has 3 aromatic rings. The first-order valence-electron chi connectivity index (χ1n) is 14.7. The summed E-state index contributed by atoms with van der Waals surface area (Å²) in [4.78, 5) is 13.0. The number of aromatic nitrogens is 1. The van der Waals surface area contributed by atoms with E-state index >= 15 is 0 Å². The molecule has 3 aliphatic heterocycles. The van der Waals surface area contributed by atoms with Gasteiger partial charge in [0.1, 0.15) is 31.0 Å². The second kappa shape index (κ2) is 12.2. The summed E-state index contributed by atoms with van der Waals surface area (Å²) in [6, 6.07) is 23.1. The molecule has 6 rings (SSSR count). The van der Waals surface area contributed by atoms with Crippen LogP contribution in [0, 0.1) is 0 Å². The Morgan fingerprint density at radius 2 is 1.81 bits per heavy atom. The third-order valence-electron chi connectivity index (χ3n) is 8.07. The van der Waals surface area contributed by atoms with E-state index in [1.807, 2.05) is 19.1 Å². The first kappa shape index (κ1) is 28.9. The minimum absolute atomic E-state index is 0.101. The number of hydrogen-bond donors (Lipinski definition) is 2. The van der Waals surface area contributed by atoms with Gasteiger partial charge >= 0.3 is 0 Å². The van der Waals surface area contributed by atoms with Crippen LogP contribution in [0.4, 0.5) is 0 Å². The standard InChI is InChI=1S/C33H39N3O6/c1-21(35-39-20-27(37)30-29(38)31-32(40-30)42-33(2,3)41-31)14-16-36-17-15-26-24(19-36)18-25(22-10-6-4-7-11-22)28(34-26)23-12-8-5-9-13-23/h4-13,18,27,29-32,37-38H,14-17,19-20H2,1-3H3/t27-,29+,30-,31-,32-/m1/s1. The number of nitrogens with zero attached hydrogens (tertiary/aromatic N) is 3. The van der Waals surface area contributed by atoms with Crippen molar-refractivity contribution in [3.05, 3.63) is 78.0 Å². The molecule has 3 aliphatic rings. The van der Waals surface area contributed by atoms with Crippen molar-refractivity contribution in [2.75, 3.05) is 19.7 Å². The van der Waals surface area contributed by atoms with Crippen LogP contribution < -0.4 is 0 Å². The monoisotopic (exact) mass is 573 g/mol. The molecule has 9 heteroatoms. The van der Waals surface area contributed by atoms with Gasteiger partial charge in [-0.15, -0.1) is 0 Å². The molecule has 0 aliphatic carbocycles. The van der Waals surface area contributed by atoms with Gasteiger partial charge in [0.05, 0.1) is 11.4 Å². The molecule has 4 heterocycles. The molecule has 2 saturated heterocycles. The SMILES string of the molecule is CC(CCN1CCc2nc(-c3ccccc3)c(-c3ccccc3)cc2C1)=NOC[C@@H](O)[C@H]1O[C@@H]2OC(C)(C)O[C@@H]2[C@H]1O. The largest absolute Gasteiger partial charge is 0.393 e. The minimum atomic E-state index is -1.07. The molecule has 0 spiro atoms. The molecule has 9 nitrogen and oxygen atoms in total. The van der Waals surface area contributed by atoms with Gasteiger partial charge in [-0.05, 0) is 38.0 Å². The van der Waals surface area contributed by atoms with E-state index < -0.39 is 36.5 Å². The molecule has 0 amide bonds. The topological polar surface area (TPSA) is 106 Å². The van der Waals surface area contributed by atoms with E-state index in [9.17, 15) is 10.2 Å².